The lowest BCUT2D eigenvalue weighted by Crippen LogP contribution is -2.33. The van der Waals surface area contributed by atoms with Crippen LogP contribution in [-0.2, 0) is 0 Å². The van der Waals surface area contributed by atoms with Crippen LogP contribution in [0.3, 0.4) is 0 Å². The molecule has 2 aromatic rings. The fourth-order valence-electron chi connectivity index (χ4n) is 2.08. The number of phenols is 1. The van der Waals surface area contributed by atoms with Crippen LogP contribution in [0.5, 0.6) is 5.75 Å². The number of hydrogen-bond donors (Lipinski definition) is 2. The van der Waals surface area contributed by atoms with Gasteiger partial charge in [-0.2, -0.15) is 0 Å². The van der Waals surface area contributed by atoms with Gasteiger partial charge in [0.05, 0.1) is 6.04 Å². The maximum Gasteiger partial charge on any atom is 0.259 e. The van der Waals surface area contributed by atoms with Gasteiger partial charge in [0.2, 0.25) is 0 Å². The Morgan fingerprint density at radius 2 is 1.90 bits per heavy atom. The van der Waals surface area contributed by atoms with Gasteiger partial charge in [0.25, 0.3) is 5.91 Å². The maximum absolute atomic E-state index is 12.4. The van der Waals surface area contributed by atoms with Gasteiger partial charge in [-0.05, 0) is 31.5 Å². The maximum atomic E-state index is 12.4. The standard InChI is InChI=1S/C16H18N2O3/c1-10-8-15(20)14(9-17-10)16(21)18(3)11(2)12-4-6-13(19)7-5-12/h4-9,11,19H,1-3H3,(H,17,20). The number of hydrogen-bond acceptors (Lipinski definition) is 3. The van der Waals surface area contributed by atoms with E-state index in [4.69, 9.17) is 0 Å². The molecule has 110 valence electrons. The van der Waals surface area contributed by atoms with Crippen LogP contribution in [0.4, 0.5) is 0 Å². The van der Waals surface area contributed by atoms with Crippen molar-refractivity contribution in [2.45, 2.75) is 19.9 Å². The fourth-order valence-corrected chi connectivity index (χ4v) is 2.08. The first kappa shape index (κ1) is 14.8. The molecule has 1 aromatic heterocycles. The highest BCUT2D eigenvalue weighted by molar-refractivity contribution is 5.93. The number of carbonyl (C=O) groups is 1. The van der Waals surface area contributed by atoms with Gasteiger partial charge < -0.3 is 15.0 Å². The largest absolute Gasteiger partial charge is 0.508 e. The Kier molecular flexibility index (Phi) is 4.12. The van der Waals surface area contributed by atoms with E-state index in [0.29, 0.717) is 5.69 Å². The summed E-state index contributed by atoms with van der Waals surface area (Å²) in [5.41, 5.74) is 1.42. The summed E-state index contributed by atoms with van der Waals surface area (Å²) in [4.78, 5) is 28.7. The average Bonchev–Trinajstić information content (AvgIpc) is 2.46. The minimum atomic E-state index is -0.336. The molecule has 0 spiro atoms. The van der Waals surface area contributed by atoms with Crippen molar-refractivity contribution in [3.05, 3.63) is 63.6 Å². The second-order valence-electron chi connectivity index (χ2n) is 5.08. The Bertz CT molecular complexity index is 704. The summed E-state index contributed by atoms with van der Waals surface area (Å²) in [6.45, 7) is 3.63. The first-order chi connectivity index (χ1) is 9.90. The van der Waals surface area contributed by atoms with Crippen molar-refractivity contribution in [1.29, 1.82) is 0 Å². The Balaban J connectivity index is 2.26. The van der Waals surface area contributed by atoms with E-state index < -0.39 is 0 Å². The molecule has 1 heterocycles. The van der Waals surface area contributed by atoms with Gasteiger partial charge in [0.1, 0.15) is 11.3 Å². The first-order valence-corrected chi connectivity index (χ1v) is 6.65. The van der Waals surface area contributed by atoms with Crippen molar-refractivity contribution in [3.63, 3.8) is 0 Å². The molecule has 1 atom stereocenters. The zero-order chi connectivity index (χ0) is 15.6. The van der Waals surface area contributed by atoms with Gasteiger partial charge >= 0.3 is 0 Å². The zero-order valence-corrected chi connectivity index (χ0v) is 12.3. The molecule has 1 unspecified atom stereocenters. The lowest BCUT2D eigenvalue weighted by atomic mass is 10.1. The number of benzene rings is 1. The summed E-state index contributed by atoms with van der Waals surface area (Å²) >= 11 is 0. The van der Waals surface area contributed by atoms with Gasteiger partial charge in [-0.25, -0.2) is 0 Å². The third-order valence-corrected chi connectivity index (χ3v) is 3.56. The molecule has 1 aromatic carbocycles. The van der Waals surface area contributed by atoms with E-state index in [1.807, 2.05) is 6.92 Å². The van der Waals surface area contributed by atoms with E-state index in [0.717, 1.165) is 5.56 Å². The smallest absolute Gasteiger partial charge is 0.259 e. The summed E-state index contributed by atoms with van der Waals surface area (Å²) in [5.74, 6) is -0.160. The lowest BCUT2D eigenvalue weighted by Gasteiger charge is -2.25. The van der Waals surface area contributed by atoms with Crippen LogP contribution in [0.1, 0.15) is 34.6 Å². The summed E-state index contributed by atoms with van der Waals surface area (Å²) < 4.78 is 0. The summed E-state index contributed by atoms with van der Waals surface area (Å²) in [6, 6.07) is 7.85. The van der Waals surface area contributed by atoms with Crippen LogP contribution >= 0.6 is 0 Å². The number of aryl methyl sites for hydroxylation is 1. The van der Waals surface area contributed by atoms with Crippen LogP contribution in [0.2, 0.25) is 0 Å². The van der Waals surface area contributed by atoms with Gasteiger partial charge in [-0.3, -0.25) is 9.59 Å². The Morgan fingerprint density at radius 3 is 2.48 bits per heavy atom. The molecule has 5 heteroatoms. The Morgan fingerprint density at radius 1 is 1.29 bits per heavy atom. The molecule has 2 N–H and O–H groups in total. The molecule has 0 bridgehead atoms. The molecule has 0 aliphatic carbocycles. The summed E-state index contributed by atoms with van der Waals surface area (Å²) in [6.07, 6.45) is 1.44. The van der Waals surface area contributed by atoms with Crippen LogP contribution < -0.4 is 5.43 Å². The molecule has 0 aliphatic rings. The van der Waals surface area contributed by atoms with Crippen molar-refractivity contribution >= 4 is 5.91 Å². The SMILES string of the molecule is Cc1cc(=O)c(C(=O)N(C)C(C)c2ccc(O)cc2)c[nH]1. The molecule has 0 radical (unpaired) electrons. The van der Waals surface area contributed by atoms with Crippen LogP contribution in [0.15, 0.2) is 41.3 Å². The minimum absolute atomic E-state index is 0.119. The van der Waals surface area contributed by atoms with E-state index in [1.165, 1.54) is 17.2 Å². The average molecular weight is 286 g/mol. The number of nitrogens with one attached hydrogen (secondary N) is 1. The van der Waals surface area contributed by atoms with Gasteiger partial charge in [0.15, 0.2) is 5.43 Å². The predicted molar refractivity (Wildman–Crippen MR) is 80.4 cm³/mol. The number of aromatic amines is 1. The number of pyridine rings is 1. The van der Waals surface area contributed by atoms with Crippen molar-refractivity contribution < 1.29 is 9.90 Å². The molecular formula is C16H18N2O3. The molecule has 5 nitrogen and oxygen atoms in total. The molecule has 0 aliphatic heterocycles. The van der Waals surface area contributed by atoms with Crippen LogP contribution in [-0.4, -0.2) is 27.9 Å². The van der Waals surface area contributed by atoms with Crippen LogP contribution in [0.25, 0.3) is 0 Å². The van der Waals surface area contributed by atoms with E-state index in [1.54, 1.807) is 38.2 Å². The quantitative estimate of drug-likeness (QED) is 0.908. The Labute approximate surface area is 122 Å². The normalized spacial score (nSPS) is 12.0. The number of aromatic hydroxyl groups is 1. The highest BCUT2D eigenvalue weighted by atomic mass is 16.3. The molecule has 0 fully saturated rings. The number of H-pyrrole nitrogens is 1. The van der Waals surface area contributed by atoms with Crippen molar-refractivity contribution in [1.82, 2.24) is 9.88 Å². The van der Waals surface area contributed by atoms with Crippen molar-refractivity contribution in [2.75, 3.05) is 7.05 Å². The molecular weight excluding hydrogens is 268 g/mol. The van der Waals surface area contributed by atoms with Gasteiger partial charge in [0, 0.05) is 25.0 Å². The molecule has 1 amide bonds. The first-order valence-electron chi connectivity index (χ1n) is 6.65. The highest BCUT2D eigenvalue weighted by Crippen LogP contribution is 2.22. The van der Waals surface area contributed by atoms with E-state index in [9.17, 15) is 14.7 Å². The lowest BCUT2D eigenvalue weighted by molar-refractivity contribution is 0.0741. The van der Waals surface area contributed by atoms with E-state index in [-0.39, 0.29) is 28.7 Å². The third kappa shape index (κ3) is 3.13. The number of nitrogens with zero attached hydrogens (tertiary/aromatic N) is 1. The van der Waals surface area contributed by atoms with E-state index >= 15 is 0 Å². The monoisotopic (exact) mass is 286 g/mol. The molecule has 21 heavy (non-hydrogen) atoms. The third-order valence-electron chi connectivity index (χ3n) is 3.56. The number of phenolic OH excluding ortho intramolecular Hbond substituents is 1. The number of amides is 1. The summed E-state index contributed by atoms with van der Waals surface area (Å²) in [5, 5.41) is 9.30. The fraction of sp³-hybridized carbons (Fsp3) is 0.250. The molecule has 0 saturated heterocycles. The van der Waals surface area contributed by atoms with E-state index in [2.05, 4.69) is 4.98 Å². The second-order valence-corrected chi connectivity index (χ2v) is 5.08. The van der Waals surface area contributed by atoms with Crippen molar-refractivity contribution in [3.8, 4) is 5.75 Å². The Hall–Kier alpha value is -2.56. The molecule has 0 saturated carbocycles. The van der Waals surface area contributed by atoms with Gasteiger partial charge in [-0.1, -0.05) is 12.1 Å². The van der Waals surface area contributed by atoms with Crippen LogP contribution in [0, 0.1) is 6.92 Å². The molecule has 2 rings (SSSR count). The predicted octanol–water partition coefficient (Wildman–Crippen LogP) is 2.22. The minimum Gasteiger partial charge on any atom is -0.508 e. The van der Waals surface area contributed by atoms with Gasteiger partial charge in [-0.15, -0.1) is 0 Å². The number of aromatic nitrogens is 1. The number of carbonyl (C=O) groups excluding carboxylic acids is 1. The topological polar surface area (TPSA) is 73.4 Å². The van der Waals surface area contributed by atoms with Crippen molar-refractivity contribution in [2.24, 2.45) is 0 Å². The highest BCUT2D eigenvalue weighted by Gasteiger charge is 2.21. The number of rotatable bonds is 3. The summed E-state index contributed by atoms with van der Waals surface area (Å²) in [7, 11) is 1.65. The zero-order valence-electron chi connectivity index (χ0n) is 12.3. The second kappa shape index (κ2) is 5.83.